The summed E-state index contributed by atoms with van der Waals surface area (Å²) in [5.74, 6) is 0.237. The van der Waals surface area contributed by atoms with Crippen molar-refractivity contribution in [2.45, 2.75) is 38.0 Å². The summed E-state index contributed by atoms with van der Waals surface area (Å²) in [6.45, 7) is 2.48. The lowest BCUT2D eigenvalue weighted by Gasteiger charge is -2.32. The summed E-state index contributed by atoms with van der Waals surface area (Å²) in [4.78, 5) is 14.4. The molecule has 1 aromatic rings. The molecule has 1 fully saturated rings. The van der Waals surface area contributed by atoms with Crippen molar-refractivity contribution in [1.29, 1.82) is 0 Å². The van der Waals surface area contributed by atoms with Gasteiger partial charge in [-0.25, -0.2) is 0 Å². The lowest BCUT2D eigenvalue weighted by molar-refractivity contribution is -0.135. The maximum Gasteiger partial charge on any atom is 0.224 e. The quantitative estimate of drug-likeness (QED) is 0.914. The molecule has 1 saturated heterocycles. The fourth-order valence-electron chi connectivity index (χ4n) is 3.22. The molecule has 1 amide bonds. The predicted octanol–water partition coefficient (Wildman–Crippen LogP) is 1.86. The Labute approximate surface area is 120 Å². The highest BCUT2D eigenvalue weighted by Gasteiger charge is 2.28. The second kappa shape index (κ2) is 5.94. The van der Waals surface area contributed by atoms with Crippen LogP contribution in [0.25, 0.3) is 0 Å². The molecular formula is C16H22N2O2. The average molecular weight is 274 g/mol. The van der Waals surface area contributed by atoms with Crippen molar-refractivity contribution in [3.8, 4) is 0 Å². The Morgan fingerprint density at radius 2 is 2.30 bits per heavy atom. The normalized spacial score (nSPS) is 25.6. The van der Waals surface area contributed by atoms with Gasteiger partial charge in [-0.3, -0.25) is 4.79 Å². The van der Waals surface area contributed by atoms with E-state index in [1.54, 1.807) is 7.11 Å². The molecule has 0 radical (unpaired) electrons. The summed E-state index contributed by atoms with van der Waals surface area (Å²) in [7, 11) is 1.73. The largest absolute Gasteiger partial charge is 0.380 e. The van der Waals surface area contributed by atoms with Crippen molar-refractivity contribution in [3.05, 3.63) is 35.4 Å². The van der Waals surface area contributed by atoms with Crippen LogP contribution in [0.1, 0.15) is 36.4 Å². The van der Waals surface area contributed by atoms with E-state index in [-0.39, 0.29) is 18.1 Å². The van der Waals surface area contributed by atoms with Gasteiger partial charge in [-0.1, -0.05) is 24.3 Å². The first-order chi connectivity index (χ1) is 9.78. The van der Waals surface area contributed by atoms with Gasteiger partial charge in [0.2, 0.25) is 5.91 Å². The van der Waals surface area contributed by atoms with Gasteiger partial charge in [0, 0.05) is 39.2 Å². The highest BCUT2D eigenvalue weighted by molar-refractivity contribution is 5.77. The molecule has 0 aromatic heterocycles. The molecule has 1 N–H and O–H groups in total. The second-order valence-electron chi connectivity index (χ2n) is 5.68. The number of hydrogen-bond donors (Lipinski definition) is 1. The van der Waals surface area contributed by atoms with Crippen LogP contribution in [0.2, 0.25) is 0 Å². The van der Waals surface area contributed by atoms with Crippen LogP contribution in [-0.4, -0.2) is 37.1 Å². The highest BCUT2D eigenvalue weighted by atomic mass is 16.5. The Kier molecular flexibility index (Phi) is 4.03. The first kappa shape index (κ1) is 13.6. The minimum atomic E-state index is 0.168. The first-order valence-electron chi connectivity index (χ1n) is 7.39. The molecule has 2 atom stereocenters. The van der Waals surface area contributed by atoms with Crippen molar-refractivity contribution >= 4 is 5.91 Å². The Balaban J connectivity index is 1.62. The van der Waals surface area contributed by atoms with Gasteiger partial charge in [0.15, 0.2) is 0 Å². The van der Waals surface area contributed by atoms with E-state index in [0.29, 0.717) is 6.42 Å². The third kappa shape index (κ3) is 2.72. The smallest absolute Gasteiger partial charge is 0.224 e. The number of nitrogens with one attached hydrogen (secondary N) is 1. The number of ether oxygens (including phenoxy) is 1. The van der Waals surface area contributed by atoms with Crippen LogP contribution >= 0.6 is 0 Å². The van der Waals surface area contributed by atoms with Gasteiger partial charge in [-0.05, 0) is 24.0 Å². The molecule has 0 aliphatic carbocycles. The van der Waals surface area contributed by atoms with E-state index < -0.39 is 0 Å². The average Bonchev–Trinajstić information content (AvgIpc) is 2.90. The molecule has 3 rings (SSSR count). The number of likely N-dealkylation sites (tertiary alicyclic amines) is 1. The number of amides is 1. The van der Waals surface area contributed by atoms with Gasteiger partial charge < -0.3 is 15.0 Å². The molecule has 4 nitrogen and oxygen atoms in total. The van der Waals surface area contributed by atoms with Crippen LogP contribution in [0.15, 0.2) is 24.3 Å². The Bertz CT molecular complexity index is 489. The van der Waals surface area contributed by atoms with Gasteiger partial charge in [0.25, 0.3) is 0 Å². The van der Waals surface area contributed by atoms with E-state index >= 15 is 0 Å². The Hall–Kier alpha value is -1.39. The maximum absolute atomic E-state index is 12.5. The van der Waals surface area contributed by atoms with Crippen molar-refractivity contribution in [2.75, 3.05) is 20.2 Å². The zero-order valence-electron chi connectivity index (χ0n) is 12.0. The molecule has 0 saturated carbocycles. The fraction of sp³-hybridized carbons (Fsp3) is 0.562. The standard InChI is InChI=1S/C16H22N2O2/c1-20-13-6-4-8-18(11-13)16(19)9-15-14-7-3-2-5-12(14)10-17-15/h2-3,5,7,13,15,17H,4,6,8-11H2,1H3. The topological polar surface area (TPSA) is 41.6 Å². The van der Waals surface area contributed by atoms with Gasteiger partial charge in [-0.15, -0.1) is 0 Å². The number of hydrogen-bond acceptors (Lipinski definition) is 3. The zero-order chi connectivity index (χ0) is 13.9. The summed E-state index contributed by atoms with van der Waals surface area (Å²) in [6.07, 6.45) is 2.86. The SMILES string of the molecule is COC1CCCN(C(=O)CC2NCc3ccccc32)C1. The molecule has 0 spiro atoms. The fourth-order valence-corrected chi connectivity index (χ4v) is 3.22. The third-order valence-electron chi connectivity index (χ3n) is 4.41. The van der Waals surface area contributed by atoms with Crippen LogP contribution in [0.5, 0.6) is 0 Å². The summed E-state index contributed by atoms with van der Waals surface area (Å²) in [6, 6.07) is 8.53. The number of methoxy groups -OCH3 is 1. The van der Waals surface area contributed by atoms with Gasteiger partial charge >= 0.3 is 0 Å². The summed E-state index contributed by atoms with van der Waals surface area (Å²) in [5, 5.41) is 3.44. The second-order valence-corrected chi connectivity index (χ2v) is 5.68. The molecule has 4 heteroatoms. The maximum atomic E-state index is 12.5. The monoisotopic (exact) mass is 274 g/mol. The number of rotatable bonds is 3. The Morgan fingerprint density at radius 3 is 3.15 bits per heavy atom. The number of benzene rings is 1. The molecule has 20 heavy (non-hydrogen) atoms. The first-order valence-corrected chi connectivity index (χ1v) is 7.39. The van der Waals surface area contributed by atoms with Crippen molar-refractivity contribution in [1.82, 2.24) is 10.2 Å². The van der Waals surface area contributed by atoms with E-state index in [0.717, 1.165) is 32.5 Å². The van der Waals surface area contributed by atoms with Crippen LogP contribution in [-0.2, 0) is 16.1 Å². The molecule has 2 unspecified atom stereocenters. The van der Waals surface area contributed by atoms with Crippen LogP contribution < -0.4 is 5.32 Å². The highest BCUT2D eigenvalue weighted by Crippen LogP contribution is 2.28. The van der Waals surface area contributed by atoms with E-state index in [2.05, 4.69) is 23.5 Å². The number of carbonyl (C=O) groups is 1. The van der Waals surface area contributed by atoms with Crippen LogP contribution in [0.4, 0.5) is 0 Å². The summed E-state index contributed by atoms with van der Waals surface area (Å²) in [5.41, 5.74) is 2.60. The molecule has 2 heterocycles. The van der Waals surface area contributed by atoms with Crippen molar-refractivity contribution in [2.24, 2.45) is 0 Å². The zero-order valence-corrected chi connectivity index (χ0v) is 12.0. The van der Waals surface area contributed by atoms with E-state index in [9.17, 15) is 4.79 Å². The lowest BCUT2D eigenvalue weighted by Crippen LogP contribution is -2.43. The lowest BCUT2D eigenvalue weighted by atomic mass is 10.0. The van der Waals surface area contributed by atoms with E-state index in [4.69, 9.17) is 4.74 Å². The van der Waals surface area contributed by atoms with Gasteiger partial charge in [-0.2, -0.15) is 0 Å². The molecule has 1 aromatic carbocycles. The minimum absolute atomic E-state index is 0.168. The van der Waals surface area contributed by atoms with E-state index in [1.807, 2.05) is 11.0 Å². The number of nitrogens with zero attached hydrogens (tertiary/aromatic N) is 1. The number of piperidine rings is 1. The van der Waals surface area contributed by atoms with Crippen molar-refractivity contribution < 1.29 is 9.53 Å². The van der Waals surface area contributed by atoms with Crippen LogP contribution in [0.3, 0.4) is 0 Å². The molecule has 0 bridgehead atoms. The van der Waals surface area contributed by atoms with Crippen molar-refractivity contribution in [3.63, 3.8) is 0 Å². The Morgan fingerprint density at radius 1 is 1.45 bits per heavy atom. The third-order valence-corrected chi connectivity index (χ3v) is 4.41. The number of fused-ring (bicyclic) bond motifs is 1. The minimum Gasteiger partial charge on any atom is -0.380 e. The summed E-state index contributed by atoms with van der Waals surface area (Å²) >= 11 is 0. The van der Waals surface area contributed by atoms with Crippen LogP contribution in [0, 0.1) is 0 Å². The molecule has 2 aliphatic heterocycles. The van der Waals surface area contributed by atoms with Gasteiger partial charge in [0.05, 0.1) is 6.10 Å². The molecule has 2 aliphatic rings. The van der Waals surface area contributed by atoms with E-state index in [1.165, 1.54) is 11.1 Å². The molecule has 108 valence electrons. The van der Waals surface area contributed by atoms with Gasteiger partial charge in [0.1, 0.15) is 0 Å². The summed E-state index contributed by atoms with van der Waals surface area (Å²) < 4.78 is 5.39. The molecular weight excluding hydrogens is 252 g/mol. The number of carbonyl (C=O) groups excluding carboxylic acids is 1. The predicted molar refractivity (Wildman–Crippen MR) is 77.3 cm³/mol.